The van der Waals surface area contributed by atoms with Gasteiger partial charge < -0.3 is 15.4 Å². The predicted octanol–water partition coefficient (Wildman–Crippen LogP) is 1.80. The summed E-state index contributed by atoms with van der Waals surface area (Å²) in [6.07, 6.45) is 1.55. The average molecular weight is 276 g/mol. The van der Waals surface area contributed by atoms with Crippen molar-refractivity contribution in [2.24, 2.45) is 5.92 Å². The van der Waals surface area contributed by atoms with Crippen molar-refractivity contribution in [1.29, 1.82) is 0 Å². The Labute approximate surface area is 118 Å². The predicted molar refractivity (Wildman–Crippen MR) is 76.6 cm³/mol. The van der Waals surface area contributed by atoms with Gasteiger partial charge in [-0.1, -0.05) is 6.07 Å². The number of amides is 1. The zero-order chi connectivity index (χ0) is 14.4. The Kier molecular flexibility index (Phi) is 5.12. The fourth-order valence-electron chi connectivity index (χ4n) is 2.30. The lowest BCUT2D eigenvalue weighted by atomic mass is 10.0. The van der Waals surface area contributed by atoms with Gasteiger partial charge in [0.1, 0.15) is 0 Å². The van der Waals surface area contributed by atoms with Gasteiger partial charge in [-0.3, -0.25) is 4.79 Å². The van der Waals surface area contributed by atoms with Crippen molar-refractivity contribution in [1.82, 2.24) is 5.32 Å². The Morgan fingerprint density at radius 1 is 1.45 bits per heavy atom. The quantitative estimate of drug-likeness (QED) is 0.805. The van der Waals surface area contributed by atoms with E-state index in [-0.39, 0.29) is 11.9 Å². The smallest absolute Gasteiger partial charge is 0.338 e. The molecule has 1 atom stereocenters. The van der Waals surface area contributed by atoms with E-state index in [4.69, 9.17) is 4.74 Å². The molecular weight excluding hydrogens is 256 g/mol. The molecule has 20 heavy (non-hydrogen) atoms. The van der Waals surface area contributed by atoms with Crippen LogP contribution in [-0.2, 0) is 9.53 Å². The van der Waals surface area contributed by atoms with E-state index in [1.54, 1.807) is 31.2 Å². The minimum absolute atomic E-state index is 0.0142. The molecule has 0 aromatic heterocycles. The van der Waals surface area contributed by atoms with Gasteiger partial charge in [-0.2, -0.15) is 0 Å². The Bertz CT molecular complexity index is 482. The molecule has 0 spiro atoms. The molecule has 1 aromatic rings. The van der Waals surface area contributed by atoms with Crippen LogP contribution < -0.4 is 10.6 Å². The van der Waals surface area contributed by atoms with Gasteiger partial charge in [0.2, 0.25) is 5.91 Å². The fraction of sp³-hybridized carbons (Fsp3) is 0.467. The van der Waals surface area contributed by atoms with E-state index in [0.29, 0.717) is 30.2 Å². The maximum absolute atomic E-state index is 11.9. The third-order valence-corrected chi connectivity index (χ3v) is 3.29. The first-order valence-electron chi connectivity index (χ1n) is 6.96. The van der Waals surface area contributed by atoms with Crippen LogP contribution in [0.5, 0.6) is 0 Å². The summed E-state index contributed by atoms with van der Waals surface area (Å²) in [6.45, 7) is 3.98. The summed E-state index contributed by atoms with van der Waals surface area (Å²) in [5, 5.41) is 6.07. The van der Waals surface area contributed by atoms with E-state index < -0.39 is 0 Å². The molecule has 0 radical (unpaired) electrons. The molecule has 1 unspecified atom stereocenters. The first-order chi connectivity index (χ1) is 9.69. The molecule has 1 aliphatic heterocycles. The van der Waals surface area contributed by atoms with E-state index in [1.807, 2.05) is 0 Å². The molecule has 2 rings (SSSR count). The summed E-state index contributed by atoms with van der Waals surface area (Å²) in [5.74, 6) is 0.0199. The molecule has 0 aliphatic carbocycles. The number of rotatable bonds is 5. The largest absolute Gasteiger partial charge is 0.462 e. The van der Waals surface area contributed by atoms with Crippen molar-refractivity contribution in [3.05, 3.63) is 29.8 Å². The van der Waals surface area contributed by atoms with Crippen LogP contribution in [0.4, 0.5) is 5.69 Å². The zero-order valence-corrected chi connectivity index (χ0v) is 11.6. The molecule has 1 amide bonds. The standard InChI is InChI=1S/C15H20N2O3/c1-2-20-15(19)12-4-3-5-13(9-12)17-14(18)8-11-6-7-16-10-11/h3-5,9,11,16H,2,6-8,10H2,1H3,(H,17,18). The SMILES string of the molecule is CCOC(=O)c1cccc(NC(=O)CC2CCNC2)c1. The number of benzene rings is 1. The van der Waals surface area contributed by atoms with E-state index in [0.717, 1.165) is 19.5 Å². The van der Waals surface area contributed by atoms with Crippen LogP contribution in [0.15, 0.2) is 24.3 Å². The summed E-state index contributed by atoms with van der Waals surface area (Å²) in [7, 11) is 0. The van der Waals surface area contributed by atoms with Crippen LogP contribution in [-0.4, -0.2) is 31.6 Å². The summed E-state index contributed by atoms with van der Waals surface area (Å²) in [5.41, 5.74) is 1.08. The van der Waals surface area contributed by atoms with Crippen LogP contribution in [0.2, 0.25) is 0 Å². The van der Waals surface area contributed by atoms with Gasteiger partial charge in [0, 0.05) is 12.1 Å². The average Bonchev–Trinajstić information content (AvgIpc) is 2.92. The third kappa shape index (κ3) is 4.06. The van der Waals surface area contributed by atoms with Crippen molar-refractivity contribution in [2.45, 2.75) is 19.8 Å². The van der Waals surface area contributed by atoms with Gasteiger partial charge >= 0.3 is 5.97 Å². The van der Waals surface area contributed by atoms with E-state index in [9.17, 15) is 9.59 Å². The summed E-state index contributed by atoms with van der Waals surface area (Å²) in [6, 6.07) is 6.82. The highest BCUT2D eigenvalue weighted by Crippen LogP contribution is 2.16. The summed E-state index contributed by atoms with van der Waals surface area (Å²) >= 11 is 0. The highest BCUT2D eigenvalue weighted by Gasteiger charge is 2.18. The van der Waals surface area contributed by atoms with Crippen LogP contribution in [0.3, 0.4) is 0 Å². The molecule has 108 valence electrons. The van der Waals surface area contributed by atoms with E-state index in [2.05, 4.69) is 10.6 Å². The third-order valence-electron chi connectivity index (χ3n) is 3.29. The maximum atomic E-state index is 11.9. The molecule has 1 heterocycles. The van der Waals surface area contributed by atoms with Crippen molar-refractivity contribution >= 4 is 17.6 Å². The summed E-state index contributed by atoms with van der Waals surface area (Å²) < 4.78 is 4.94. The molecule has 5 nitrogen and oxygen atoms in total. The number of esters is 1. The molecule has 1 aromatic carbocycles. The Hall–Kier alpha value is -1.88. The molecule has 0 bridgehead atoms. The minimum atomic E-state index is -0.372. The van der Waals surface area contributed by atoms with Gasteiger partial charge in [-0.05, 0) is 50.6 Å². The van der Waals surface area contributed by atoms with Crippen molar-refractivity contribution < 1.29 is 14.3 Å². The molecule has 1 saturated heterocycles. The van der Waals surface area contributed by atoms with Crippen LogP contribution in [0.25, 0.3) is 0 Å². The molecule has 5 heteroatoms. The molecular formula is C15H20N2O3. The molecule has 2 N–H and O–H groups in total. The number of hydrogen-bond acceptors (Lipinski definition) is 4. The number of anilines is 1. The molecule has 1 fully saturated rings. The number of ether oxygens (including phenoxy) is 1. The van der Waals surface area contributed by atoms with E-state index >= 15 is 0 Å². The van der Waals surface area contributed by atoms with Gasteiger partial charge in [-0.15, -0.1) is 0 Å². The highest BCUT2D eigenvalue weighted by atomic mass is 16.5. The maximum Gasteiger partial charge on any atom is 0.338 e. The van der Waals surface area contributed by atoms with Crippen LogP contribution in [0.1, 0.15) is 30.1 Å². The summed E-state index contributed by atoms with van der Waals surface area (Å²) in [4.78, 5) is 23.5. The lowest BCUT2D eigenvalue weighted by Gasteiger charge is -2.10. The number of carbonyl (C=O) groups is 2. The lowest BCUT2D eigenvalue weighted by molar-refractivity contribution is -0.116. The number of carbonyl (C=O) groups excluding carboxylic acids is 2. The van der Waals surface area contributed by atoms with Gasteiger partial charge in [-0.25, -0.2) is 4.79 Å². The highest BCUT2D eigenvalue weighted by molar-refractivity contribution is 5.94. The first kappa shape index (κ1) is 14.5. The molecule has 1 aliphatic rings. The van der Waals surface area contributed by atoms with Gasteiger partial charge in [0.05, 0.1) is 12.2 Å². The first-order valence-corrected chi connectivity index (χ1v) is 6.96. The van der Waals surface area contributed by atoms with Gasteiger partial charge in [0.25, 0.3) is 0 Å². The number of hydrogen-bond donors (Lipinski definition) is 2. The van der Waals surface area contributed by atoms with Crippen molar-refractivity contribution in [3.8, 4) is 0 Å². The topological polar surface area (TPSA) is 67.4 Å². The second kappa shape index (κ2) is 7.05. The Balaban J connectivity index is 1.93. The van der Waals surface area contributed by atoms with E-state index in [1.165, 1.54) is 0 Å². The normalized spacial score (nSPS) is 17.8. The van der Waals surface area contributed by atoms with Crippen molar-refractivity contribution in [2.75, 3.05) is 25.0 Å². The number of nitrogens with one attached hydrogen (secondary N) is 2. The van der Waals surface area contributed by atoms with Crippen LogP contribution in [0, 0.1) is 5.92 Å². The van der Waals surface area contributed by atoms with Crippen LogP contribution >= 0.6 is 0 Å². The molecule has 0 saturated carbocycles. The zero-order valence-electron chi connectivity index (χ0n) is 11.6. The van der Waals surface area contributed by atoms with Gasteiger partial charge in [0.15, 0.2) is 0 Å². The minimum Gasteiger partial charge on any atom is -0.462 e. The second-order valence-electron chi connectivity index (χ2n) is 4.91. The Morgan fingerprint density at radius 3 is 3.00 bits per heavy atom. The van der Waals surface area contributed by atoms with Crippen molar-refractivity contribution in [3.63, 3.8) is 0 Å². The lowest BCUT2D eigenvalue weighted by Crippen LogP contribution is -2.18. The Morgan fingerprint density at radius 2 is 2.30 bits per heavy atom. The second-order valence-corrected chi connectivity index (χ2v) is 4.91. The fourth-order valence-corrected chi connectivity index (χ4v) is 2.30. The monoisotopic (exact) mass is 276 g/mol.